The van der Waals surface area contributed by atoms with E-state index in [1.165, 1.54) is 0 Å². The van der Waals surface area contributed by atoms with Crippen LogP contribution in [0.4, 0.5) is 0 Å². The van der Waals surface area contributed by atoms with Crippen molar-refractivity contribution in [2.75, 3.05) is 20.2 Å². The minimum absolute atomic E-state index is 0.0147. The van der Waals surface area contributed by atoms with Gasteiger partial charge in [-0.2, -0.15) is 0 Å². The van der Waals surface area contributed by atoms with Crippen LogP contribution >= 0.6 is 0 Å². The first-order chi connectivity index (χ1) is 15.6. The Labute approximate surface area is 186 Å². The number of carbonyl (C=O) groups is 2. The SMILES string of the molecule is COc1ccccc1-c1nc(C2CCCN(C(=O)C3CCC3C(=O)O)C2)n2ccccc12. The molecule has 1 saturated heterocycles. The maximum Gasteiger partial charge on any atom is 0.307 e. The van der Waals surface area contributed by atoms with Crippen LogP contribution in [0.15, 0.2) is 48.7 Å². The van der Waals surface area contributed by atoms with Gasteiger partial charge in [0.05, 0.1) is 24.5 Å². The van der Waals surface area contributed by atoms with E-state index in [0.29, 0.717) is 25.9 Å². The number of aliphatic carboxylic acids is 1. The van der Waals surface area contributed by atoms with Crippen molar-refractivity contribution < 1.29 is 19.4 Å². The summed E-state index contributed by atoms with van der Waals surface area (Å²) >= 11 is 0. The molecule has 0 spiro atoms. The average Bonchev–Trinajstić information content (AvgIpc) is 3.17. The molecule has 7 nitrogen and oxygen atoms in total. The molecule has 1 amide bonds. The number of piperidine rings is 1. The molecule has 3 aromatic rings. The van der Waals surface area contributed by atoms with Crippen molar-refractivity contribution >= 4 is 17.4 Å². The maximum atomic E-state index is 13.1. The highest BCUT2D eigenvalue weighted by atomic mass is 16.5. The van der Waals surface area contributed by atoms with Crippen LogP contribution in [0, 0.1) is 11.8 Å². The van der Waals surface area contributed by atoms with Crippen molar-refractivity contribution in [1.82, 2.24) is 14.3 Å². The lowest BCUT2D eigenvalue weighted by Gasteiger charge is -2.39. The van der Waals surface area contributed by atoms with Crippen molar-refractivity contribution in [2.45, 2.75) is 31.6 Å². The summed E-state index contributed by atoms with van der Waals surface area (Å²) in [5.74, 6) is 0.00701. The van der Waals surface area contributed by atoms with Gasteiger partial charge in [-0.15, -0.1) is 0 Å². The second-order valence-electron chi connectivity index (χ2n) is 8.73. The lowest BCUT2D eigenvalue weighted by molar-refractivity contribution is -0.157. The molecule has 1 aromatic carbocycles. The number of aromatic nitrogens is 2. The number of methoxy groups -OCH3 is 1. The Morgan fingerprint density at radius 2 is 1.84 bits per heavy atom. The number of nitrogens with zero attached hydrogens (tertiary/aromatic N) is 3. The third-order valence-electron chi connectivity index (χ3n) is 6.94. The highest BCUT2D eigenvalue weighted by molar-refractivity contribution is 5.86. The monoisotopic (exact) mass is 433 g/mol. The molecule has 7 heteroatoms. The van der Waals surface area contributed by atoms with E-state index in [1.807, 2.05) is 47.5 Å². The van der Waals surface area contributed by atoms with E-state index in [0.717, 1.165) is 41.2 Å². The number of amides is 1. The molecule has 3 atom stereocenters. The molecule has 2 aliphatic rings. The fourth-order valence-electron chi connectivity index (χ4n) is 5.10. The van der Waals surface area contributed by atoms with Gasteiger partial charge in [0, 0.05) is 30.8 Å². The Kier molecular flexibility index (Phi) is 5.33. The zero-order valence-electron chi connectivity index (χ0n) is 18.1. The number of fused-ring (bicyclic) bond motifs is 1. The van der Waals surface area contributed by atoms with E-state index in [-0.39, 0.29) is 17.7 Å². The van der Waals surface area contributed by atoms with E-state index in [4.69, 9.17) is 9.72 Å². The molecule has 1 aliphatic heterocycles. The molecule has 32 heavy (non-hydrogen) atoms. The first-order valence-corrected chi connectivity index (χ1v) is 11.2. The standard InChI is InChI=1S/C25H27N3O4/c1-32-21-10-3-2-8-19(21)22-20-9-4-5-14-28(20)23(26-22)16-7-6-13-27(15-16)24(29)17-11-12-18(17)25(30)31/h2-5,8-10,14,16-18H,6-7,11-13,15H2,1H3,(H,30,31). The van der Waals surface area contributed by atoms with Gasteiger partial charge in [-0.1, -0.05) is 18.2 Å². The zero-order chi connectivity index (χ0) is 22.2. The number of para-hydroxylation sites is 1. The van der Waals surface area contributed by atoms with Crippen molar-refractivity contribution in [3.05, 3.63) is 54.5 Å². The number of pyridine rings is 1. The molecule has 2 fully saturated rings. The number of rotatable bonds is 5. The Balaban J connectivity index is 1.47. The van der Waals surface area contributed by atoms with Crippen molar-refractivity contribution in [3.63, 3.8) is 0 Å². The molecule has 1 saturated carbocycles. The Morgan fingerprint density at radius 3 is 2.59 bits per heavy atom. The lowest BCUT2D eigenvalue weighted by atomic mass is 9.72. The predicted molar refractivity (Wildman–Crippen MR) is 120 cm³/mol. The number of ether oxygens (including phenoxy) is 1. The van der Waals surface area contributed by atoms with Gasteiger partial charge >= 0.3 is 5.97 Å². The molecule has 1 aliphatic carbocycles. The Morgan fingerprint density at radius 1 is 1.06 bits per heavy atom. The minimum Gasteiger partial charge on any atom is -0.496 e. The second kappa shape index (κ2) is 8.30. The normalized spacial score (nSPS) is 23.0. The summed E-state index contributed by atoms with van der Waals surface area (Å²) in [6.45, 7) is 1.25. The maximum absolute atomic E-state index is 13.1. The van der Waals surface area contributed by atoms with Gasteiger partial charge in [0.1, 0.15) is 17.3 Å². The van der Waals surface area contributed by atoms with Gasteiger partial charge in [0.15, 0.2) is 0 Å². The minimum atomic E-state index is -0.858. The predicted octanol–water partition coefficient (Wildman–Crippen LogP) is 3.83. The smallest absolute Gasteiger partial charge is 0.307 e. The molecule has 0 radical (unpaired) electrons. The van der Waals surface area contributed by atoms with Crippen LogP contribution < -0.4 is 4.74 Å². The second-order valence-corrected chi connectivity index (χ2v) is 8.73. The average molecular weight is 434 g/mol. The lowest BCUT2D eigenvalue weighted by Crippen LogP contribution is -2.49. The van der Waals surface area contributed by atoms with Crippen molar-refractivity contribution in [1.29, 1.82) is 0 Å². The molecule has 166 valence electrons. The fraction of sp³-hybridized carbons (Fsp3) is 0.400. The quantitative estimate of drug-likeness (QED) is 0.661. The zero-order valence-corrected chi connectivity index (χ0v) is 18.1. The van der Waals surface area contributed by atoms with E-state index in [2.05, 4.69) is 10.5 Å². The van der Waals surface area contributed by atoms with E-state index in [1.54, 1.807) is 7.11 Å². The largest absolute Gasteiger partial charge is 0.496 e. The molecule has 5 rings (SSSR count). The van der Waals surface area contributed by atoms with Crippen LogP contribution in [0.25, 0.3) is 16.8 Å². The first kappa shape index (κ1) is 20.5. The summed E-state index contributed by atoms with van der Waals surface area (Å²) in [5.41, 5.74) is 2.80. The summed E-state index contributed by atoms with van der Waals surface area (Å²) < 4.78 is 7.69. The number of benzene rings is 1. The first-order valence-electron chi connectivity index (χ1n) is 11.2. The summed E-state index contributed by atoms with van der Waals surface area (Å²) in [7, 11) is 1.66. The van der Waals surface area contributed by atoms with Gasteiger partial charge in [-0.05, 0) is 49.9 Å². The molecular weight excluding hydrogens is 406 g/mol. The molecule has 3 unspecified atom stereocenters. The topological polar surface area (TPSA) is 84.1 Å². The van der Waals surface area contributed by atoms with E-state index >= 15 is 0 Å². The summed E-state index contributed by atoms with van der Waals surface area (Å²) in [5, 5.41) is 9.36. The highest BCUT2D eigenvalue weighted by Gasteiger charge is 2.44. The highest BCUT2D eigenvalue weighted by Crippen LogP contribution is 2.39. The number of likely N-dealkylation sites (tertiary alicyclic amines) is 1. The van der Waals surface area contributed by atoms with E-state index < -0.39 is 11.9 Å². The molecule has 3 heterocycles. The Hall–Kier alpha value is -3.35. The van der Waals surface area contributed by atoms with Gasteiger partial charge in [-0.25, -0.2) is 4.98 Å². The van der Waals surface area contributed by atoms with Gasteiger partial charge in [-0.3, -0.25) is 9.59 Å². The van der Waals surface area contributed by atoms with Gasteiger partial charge in [0.2, 0.25) is 5.91 Å². The third-order valence-corrected chi connectivity index (χ3v) is 6.94. The molecular formula is C25H27N3O4. The van der Waals surface area contributed by atoms with Crippen LogP contribution in [-0.2, 0) is 9.59 Å². The number of carboxylic acid groups (broad SMARTS) is 1. The number of carboxylic acids is 1. The molecule has 0 bridgehead atoms. The van der Waals surface area contributed by atoms with Gasteiger partial charge < -0.3 is 19.1 Å². The van der Waals surface area contributed by atoms with Crippen LogP contribution in [0.5, 0.6) is 5.75 Å². The summed E-state index contributed by atoms with van der Waals surface area (Å²) in [6.07, 6.45) is 5.10. The van der Waals surface area contributed by atoms with Crippen LogP contribution in [0.2, 0.25) is 0 Å². The molecule has 1 N–H and O–H groups in total. The van der Waals surface area contributed by atoms with Crippen LogP contribution in [0.3, 0.4) is 0 Å². The summed E-state index contributed by atoms with van der Waals surface area (Å²) in [6, 6.07) is 13.9. The van der Waals surface area contributed by atoms with Crippen molar-refractivity contribution in [3.8, 4) is 17.0 Å². The molecule has 2 aromatic heterocycles. The van der Waals surface area contributed by atoms with Crippen molar-refractivity contribution in [2.24, 2.45) is 11.8 Å². The third kappa shape index (κ3) is 3.42. The van der Waals surface area contributed by atoms with Crippen LogP contribution in [0.1, 0.15) is 37.4 Å². The number of hydrogen-bond acceptors (Lipinski definition) is 4. The van der Waals surface area contributed by atoms with E-state index in [9.17, 15) is 14.7 Å². The van der Waals surface area contributed by atoms with Gasteiger partial charge in [0.25, 0.3) is 0 Å². The number of hydrogen-bond donors (Lipinski definition) is 1. The number of carbonyl (C=O) groups excluding carboxylic acids is 1. The fourth-order valence-corrected chi connectivity index (χ4v) is 5.10. The Bertz CT molecular complexity index is 1170. The number of imidazole rings is 1. The van der Waals surface area contributed by atoms with Crippen LogP contribution in [-0.4, -0.2) is 51.5 Å². The summed E-state index contributed by atoms with van der Waals surface area (Å²) in [4.78, 5) is 31.4.